The fraction of sp³-hybridized carbons (Fsp3) is 0.158. The highest BCUT2D eigenvalue weighted by Gasteiger charge is 2.30. The van der Waals surface area contributed by atoms with E-state index in [9.17, 15) is 9.18 Å². The van der Waals surface area contributed by atoms with E-state index >= 15 is 0 Å². The van der Waals surface area contributed by atoms with Gasteiger partial charge in [0.25, 0.3) is 0 Å². The first kappa shape index (κ1) is 14.6. The highest BCUT2D eigenvalue weighted by molar-refractivity contribution is 5.94. The summed E-state index contributed by atoms with van der Waals surface area (Å²) in [5.74, 6) is 0.221. The monoisotopic (exact) mass is 321 g/mol. The summed E-state index contributed by atoms with van der Waals surface area (Å²) in [5, 5.41) is 7.37. The van der Waals surface area contributed by atoms with Gasteiger partial charge >= 0.3 is 0 Å². The Bertz CT molecular complexity index is 897. The number of nitrogens with one attached hydrogen (secondary N) is 1. The molecule has 0 aliphatic carbocycles. The minimum Gasteiger partial charge on any atom is -0.310 e. The number of carbonyl (C=O) groups is 1. The summed E-state index contributed by atoms with van der Waals surface area (Å²) in [7, 11) is 0. The van der Waals surface area contributed by atoms with Crippen LogP contribution < -0.4 is 5.32 Å². The molecule has 0 fully saturated rings. The third kappa shape index (κ3) is 2.48. The Kier molecular flexibility index (Phi) is 3.41. The van der Waals surface area contributed by atoms with Crippen LogP contribution in [0.2, 0.25) is 0 Å². The van der Waals surface area contributed by atoms with Crippen LogP contribution in [-0.4, -0.2) is 15.7 Å². The zero-order valence-electron chi connectivity index (χ0n) is 13.2. The molecule has 1 atom stereocenters. The van der Waals surface area contributed by atoms with E-state index in [1.165, 1.54) is 12.1 Å². The summed E-state index contributed by atoms with van der Waals surface area (Å²) in [5.41, 5.74) is 3.91. The van der Waals surface area contributed by atoms with Gasteiger partial charge in [0.05, 0.1) is 11.9 Å². The number of benzene rings is 2. The lowest BCUT2D eigenvalue weighted by molar-refractivity contribution is -0.116. The molecule has 0 unspecified atom stereocenters. The average molecular weight is 321 g/mol. The molecule has 0 saturated heterocycles. The molecule has 3 aromatic rings. The lowest BCUT2D eigenvalue weighted by Crippen LogP contribution is -2.24. The third-order valence-electron chi connectivity index (χ3n) is 4.37. The van der Waals surface area contributed by atoms with E-state index in [-0.39, 0.29) is 17.6 Å². The van der Waals surface area contributed by atoms with Crippen molar-refractivity contribution in [2.75, 3.05) is 5.32 Å². The molecule has 0 radical (unpaired) electrons. The molecule has 0 spiro atoms. The Morgan fingerprint density at radius 1 is 1.12 bits per heavy atom. The van der Waals surface area contributed by atoms with Crippen molar-refractivity contribution < 1.29 is 9.18 Å². The second-order valence-electron chi connectivity index (χ2n) is 6.05. The van der Waals surface area contributed by atoms with E-state index in [0.717, 1.165) is 22.4 Å². The molecule has 24 heavy (non-hydrogen) atoms. The normalized spacial score (nSPS) is 16.6. The van der Waals surface area contributed by atoms with Gasteiger partial charge in [0.15, 0.2) is 0 Å². The van der Waals surface area contributed by atoms with Gasteiger partial charge in [-0.2, -0.15) is 5.10 Å². The summed E-state index contributed by atoms with van der Waals surface area (Å²) in [6.07, 6.45) is 2.11. The van der Waals surface area contributed by atoms with E-state index < -0.39 is 0 Å². The topological polar surface area (TPSA) is 46.9 Å². The first-order chi connectivity index (χ1) is 11.6. The van der Waals surface area contributed by atoms with Gasteiger partial charge in [-0.25, -0.2) is 9.07 Å². The predicted molar refractivity (Wildman–Crippen MR) is 89.8 cm³/mol. The molecule has 1 aliphatic rings. The number of anilines is 1. The number of hydrogen-bond donors (Lipinski definition) is 1. The van der Waals surface area contributed by atoms with Crippen LogP contribution in [0.5, 0.6) is 0 Å². The first-order valence-electron chi connectivity index (χ1n) is 7.82. The zero-order valence-corrected chi connectivity index (χ0v) is 13.2. The van der Waals surface area contributed by atoms with E-state index in [4.69, 9.17) is 0 Å². The number of rotatable bonds is 2. The van der Waals surface area contributed by atoms with Gasteiger partial charge in [-0.3, -0.25) is 4.79 Å². The van der Waals surface area contributed by atoms with Gasteiger partial charge in [0.1, 0.15) is 11.6 Å². The van der Waals surface area contributed by atoms with Crippen molar-refractivity contribution in [1.29, 1.82) is 0 Å². The van der Waals surface area contributed by atoms with Crippen molar-refractivity contribution in [2.45, 2.75) is 19.3 Å². The number of aryl methyl sites for hydroxylation is 1. The van der Waals surface area contributed by atoms with Crippen molar-refractivity contribution in [1.82, 2.24) is 9.78 Å². The molecule has 0 saturated carbocycles. The summed E-state index contributed by atoms with van der Waals surface area (Å²) in [4.78, 5) is 12.2. The molecular formula is C19H16FN3O. The molecule has 4 nitrogen and oxygen atoms in total. The number of hydrogen-bond acceptors (Lipinski definition) is 2. The third-order valence-corrected chi connectivity index (χ3v) is 4.37. The number of fused-ring (bicyclic) bond motifs is 1. The van der Waals surface area contributed by atoms with Crippen LogP contribution >= 0.6 is 0 Å². The smallest absolute Gasteiger partial charge is 0.226 e. The van der Waals surface area contributed by atoms with Crippen LogP contribution in [0.4, 0.5) is 10.2 Å². The summed E-state index contributed by atoms with van der Waals surface area (Å²) < 4.78 is 14.9. The first-order valence-corrected chi connectivity index (χ1v) is 7.82. The second-order valence-corrected chi connectivity index (χ2v) is 6.05. The Morgan fingerprint density at radius 2 is 1.83 bits per heavy atom. The summed E-state index contributed by atoms with van der Waals surface area (Å²) in [6, 6.07) is 14.2. The summed E-state index contributed by atoms with van der Waals surface area (Å²) >= 11 is 0. The highest BCUT2D eigenvalue weighted by Crippen LogP contribution is 2.37. The van der Waals surface area contributed by atoms with E-state index in [2.05, 4.69) is 10.4 Å². The predicted octanol–water partition coefficient (Wildman–Crippen LogP) is 3.79. The quantitative estimate of drug-likeness (QED) is 0.780. The molecular weight excluding hydrogens is 305 g/mol. The Labute approximate surface area is 138 Å². The molecule has 2 aromatic carbocycles. The molecule has 2 heterocycles. The number of amides is 1. The standard InChI is InChI=1S/C19H16FN3O/c1-12-2-8-15(9-3-12)23-19-17(11-21-23)16(10-18(24)22-19)13-4-6-14(20)7-5-13/h2-9,11,16H,10H2,1H3,(H,22,24)/t16-/m1/s1. The molecule has 0 bridgehead atoms. The summed E-state index contributed by atoms with van der Waals surface area (Å²) in [6.45, 7) is 2.02. The average Bonchev–Trinajstić information content (AvgIpc) is 2.99. The molecule has 5 heteroatoms. The minimum atomic E-state index is -0.283. The fourth-order valence-electron chi connectivity index (χ4n) is 3.09. The van der Waals surface area contributed by atoms with Crippen molar-refractivity contribution in [3.63, 3.8) is 0 Å². The van der Waals surface area contributed by atoms with Crippen LogP contribution in [0, 0.1) is 12.7 Å². The SMILES string of the molecule is Cc1ccc(-n2ncc3c2NC(=O)C[C@@H]3c2ccc(F)cc2)cc1. The maximum Gasteiger partial charge on any atom is 0.226 e. The lowest BCUT2D eigenvalue weighted by atomic mass is 9.87. The van der Waals surface area contributed by atoms with Crippen molar-refractivity contribution in [2.24, 2.45) is 0 Å². The van der Waals surface area contributed by atoms with Crippen LogP contribution in [0.1, 0.15) is 29.0 Å². The Morgan fingerprint density at radius 3 is 2.54 bits per heavy atom. The van der Waals surface area contributed by atoms with Gasteiger partial charge in [-0.05, 0) is 36.8 Å². The molecule has 1 aromatic heterocycles. The van der Waals surface area contributed by atoms with Crippen molar-refractivity contribution >= 4 is 11.7 Å². The van der Waals surface area contributed by atoms with Crippen LogP contribution in [0.15, 0.2) is 54.7 Å². The molecule has 1 aliphatic heterocycles. The number of aromatic nitrogens is 2. The van der Waals surface area contributed by atoms with Crippen LogP contribution in [-0.2, 0) is 4.79 Å². The van der Waals surface area contributed by atoms with Crippen LogP contribution in [0.3, 0.4) is 0 Å². The Balaban J connectivity index is 1.80. The molecule has 120 valence electrons. The molecule has 1 N–H and O–H groups in total. The van der Waals surface area contributed by atoms with Crippen molar-refractivity contribution in [3.8, 4) is 5.69 Å². The largest absolute Gasteiger partial charge is 0.310 e. The van der Waals surface area contributed by atoms with Gasteiger partial charge in [-0.1, -0.05) is 29.8 Å². The fourth-order valence-corrected chi connectivity index (χ4v) is 3.09. The van der Waals surface area contributed by atoms with E-state index in [1.54, 1.807) is 23.0 Å². The van der Waals surface area contributed by atoms with Gasteiger partial charge in [0.2, 0.25) is 5.91 Å². The maximum absolute atomic E-state index is 13.2. The van der Waals surface area contributed by atoms with Gasteiger partial charge in [0, 0.05) is 17.9 Å². The van der Waals surface area contributed by atoms with E-state index in [0.29, 0.717) is 12.2 Å². The minimum absolute atomic E-state index is 0.0642. The second kappa shape index (κ2) is 5.60. The Hall–Kier alpha value is -2.95. The molecule has 1 amide bonds. The number of nitrogens with zero attached hydrogens (tertiary/aromatic N) is 2. The van der Waals surface area contributed by atoms with Crippen LogP contribution in [0.25, 0.3) is 5.69 Å². The highest BCUT2D eigenvalue weighted by atomic mass is 19.1. The van der Waals surface area contributed by atoms with E-state index in [1.807, 2.05) is 31.2 Å². The zero-order chi connectivity index (χ0) is 16.7. The lowest BCUT2D eigenvalue weighted by Gasteiger charge is -2.23. The van der Waals surface area contributed by atoms with Gasteiger partial charge < -0.3 is 5.32 Å². The van der Waals surface area contributed by atoms with Gasteiger partial charge in [-0.15, -0.1) is 0 Å². The van der Waals surface area contributed by atoms with Crippen molar-refractivity contribution in [3.05, 3.63) is 77.2 Å². The number of halogens is 1. The maximum atomic E-state index is 13.2. The molecule has 4 rings (SSSR count). The number of carbonyl (C=O) groups excluding carboxylic acids is 1.